The Balaban J connectivity index is 2.73. The van der Waals surface area contributed by atoms with E-state index < -0.39 is 0 Å². The zero-order valence-corrected chi connectivity index (χ0v) is 10.7. The van der Waals surface area contributed by atoms with E-state index in [0.29, 0.717) is 12.0 Å². The van der Waals surface area contributed by atoms with Crippen molar-refractivity contribution in [2.75, 3.05) is 0 Å². The van der Waals surface area contributed by atoms with E-state index in [2.05, 4.69) is 50.5 Å². The Labute approximate surface area is 99.2 Å². The first-order valence-electron chi connectivity index (χ1n) is 6.23. The summed E-state index contributed by atoms with van der Waals surface area (Å²) in [6, 6.07) is 8.93. The van der Waals surface area contributed by atoms with Crippen molar-refractivity contribution in [1.82, 2.24) is 5.43 Å². The molecule has 0 radical (unpaired) electrons. The van der Waals surface area contributed by atoms with Gasteiger partial charge in [-0.1, -0.05) is 51.0 Å². The second-order valence-electron chi connectivity index (χ2n) is 4.48. The van der Waals surface area contributed by atoms with E-state index in [1.165, 1.54) is 24.0 Å². The summed E-state index contributed by atoms with van der Waals surface area (Å²) in [4.78, 5) is 0. The van der Waals surface area contributed by atoms with Gasteiger partial charge in [-0.05, 0) is 30.4 Å². The molecular weight excluding hydrogens is 196 g/mol. The van der Waals surface area contributed by atoms with Gasteiger partial charge < -0.3 is 0 Å². The minimum Gasteiger partial charge on any atom is -0.271 e. The van der Waals surface area contributed by atoms with E-state index in [-0.39, 0.29) is 0 Å². The van der Waals surface area contributed by atoms with E-state index in [4.69, 9.17) is 5.84 Å². The van der Waals surface area contributed by atoms with Gasteiger partial charge >= 0.3 is 0 Å². The van der Waals surface area contributed by atoms with Crippen molar-refractivity contribution in [3.63, 3.8) is 0 Å². The van der Waals surface area contributed by atoms with Crippen LogP contribution in [0.15, 0.2) is 24.3 Å². The molecule has 0 aliphatic heterocycles. The maximum atomic E-state index is 5.67. The molecule has 0 aliphatic carbocycles. The molecule has 90 valence electrons. The normalized spacial score (nSPS) is 13.1. The van der Waals surface area contributed by atoms with E-state index in [1.54, 1.807) is 0 Å². The topological polar surface area (TPSA) is 38.0 Å². The highest BCUT2D eigenvalue weighted by atomic mass is 15.2. The summed E-state index contributed by atoms with van der Waals surface area (Å²) >= 11 is 0. The highest BCUT2D eigenvalue weighted by Crippen LogP contribution is 2.18. The maximum absolute atomic E-state index is 5.67. The number of hydrogen-bond donors (Lipinski definition) is 2. The predicted molar refractivity (Wildman–Crippen MR) is 70.1 cm³/mol. The highest BCUT2D eigenvalue weighted by molar-refractivity contribution is 5.26. The molecule has 0 saturated carbocycles. The van der Waals surface area contributed by atoms with Gasteiger partial charge in [-0.2, -0.15) is 0 Å². The maximum Gasteiger partial charge on any atom is 0.0279 e. The smallest absolute Gasteiger partial charge is 0.0279 e. The molecule has 0 fully saturated rings. The second-order valence-corrected chi connectivity index (χ2v) is 4.48. The SMILES string of the molecule is CCC(CC)C(Cc1ccccc1C)NN. The second kappa shape index (κ2) is 6.66. The van der Waals surface area contributed by atoms with Crippen molar-refractivity contribution in [1.29, 1.82) is 0 Å². The summed E-state index contributed by atoms with van der Waals surface area (Å²) in [6.07, 6.45) is 3.38. The molecule has 0 aromatic heterocycles. The Hall–Kier alpha value is -0.860. The lowest BCUT2D eigenvalue weighted by atomic mass is 9.89. The Bertz CT molecular complexity index is 305. The first-order chi connectivity index (χ1) is 7.72. The molecule has 1 aromatic rings. The minimum absolute atomic E-state index is 0.385. The standard InChI is InChI=1S/C14H24N2/c1-4-12(5-2)14(16-15)10-13-9-7-6-8-11(13)3/h6-9,12,14,16H,4-5,10,15H2,1-3H3. The van der Waals surface area contributed by atoms with Gasteiger partial charge in [-0.3, -0.25) is 11.3 Å². The number of aryl methyl sites for hydroxylation is 1. The van der Waals surface area contributed by atoms with Crippen LogP contribution in [0.2, 0.25) is 0 Å². The summed E-state index contributed by atoms with van der Waals surface area (Å²) < 4.78 is 0. The summed E-state index contributed by atoms with van der Waals surface area (Å²) in [6.45, 7) is 6.63. The first kappa shape index (κ1) is 13.2. The van der Waals surface area contributed by atoms with Gasteiger partial charge in [0.05, 0.1) is 0 Å². The molecule has 0 spiro atoms. The van der Waals surface area contributed by atoms with E-state index in [9.17, 15) is 0 Å². The van der Waals surface area contributed by atoms with Crippen LogP contribution in [0.3, 0.4) is 0 Å². The molecule has 1 rings (SSSR count). The lowest BCUT2D eigenvalue weighted by Gasteiger charge is -2.25. The molecule has 16 heavy (non-hydrogen) atoms. The fraction of sp³-hybridized carbons (Fsp3) is 0.571. The van der Waals surface area contributed by atoms with E-state index in [0.717, 1.165) is 6.42 Å². The van der Waals surface area contributed by atoms with Gasteiger partial charge in [0.15, 0.2) is 0 Å². The van der Waals surface area contributed by atoms with Crippen molar-refractivity contribution < 1.29 is 0 Å². The summed E-state index contributed by atoms with van der Waals surface area (Å²) in [7, 11) is 0. The molecule has 0 bridgehead atoms. The third kappa shape index (κ3) is 3.32. The third-order valence-corrected chi connectivity index (χ3v) is 3.53. The zero-order valence-electron chi connectivity index (χ0n) is 10.7. The van der Waals surface area contributed by atoms with Crippen LogP contribution in [-0.2, 0) is 6.42 Å². The van der Waals surface area contributed by atoms with Crippen molar-refractivity contribution in [2.24, 2.45) is 11.8 Å². The monoisotopic (exact) mass is 220 g/mol. The average Bonchev–Trinajstić information content (AvgIpc) is 2.31. The van der Waals surface area contributed by atoms with Crippen LogP contribution >= 0.6 is 0 Å². The van der Waals surface area contributed by atoms with Crippen molar-refractivity contribution in [2.45, 2.75) is 46.1 Å². The Kier molecular flexibility index (Phi) is 5.50. The van der Waals surface area contributed by atoms with Gasteiger partial charge in [0.25, 0.3) is 0 Å². The number of hydrazine groups is 1. The van der Waals surface area contributed by atoms with E-state index in [1.807, 2.05) is 0 Å². The van der Waals surface area contributed by atoms with Crippen LogP contribution in [-0.4, -0.2) is 6.04 Å². The Morgan fingerprint density at radius 1 is 1.19 bits per heavy atom. The number of rotatable bonds is 6. The van der Waals surface area contributed by atoms with Gasteiger partial charge in [0.1, 0.15) is 0 Å². The van der Waals surface area contributed by atoms with Gasteiger partial charge in [0, 0.05) is 6.04 Å². The predicted octanol–water partition coefficient (Wildman–Crippen LogP) is 2.81. The lowest BCUT2D eigenvalue weighted by molar-refractivity contribution is 0.335. The van der Waals surface area contributed by atoms with Crippen molar-refractivity contribution in [3.8, 4) is 0 Å². The molecule has 0 amide bonds. The fourth-order valence-electron chi connectivity index (χ4n) is 2.30. The van der Waals surface area contributed by atoms with Crippen LogP contribution in [0, 0.1) is 12.8 Å². The van der Waals surface area contributed by atoms with E-state index >= 15 is 0 Å². The highest BCUT2D eigenvalue weighted by Gasteiger charge is 2.17. The van der Waals surface area contributed by atoms with Crippen LogP contribution in [0.4, 0.5) is 0 Å². The minimum atomic E-state index is 0.385. The summed E-state index contributed by atoms with van der Waals surface area (Å²) in [5.41, 5.74) is 5.74. The molecule has 1 atom stereocenters. The molecular formula is C14H24N2. The number of benzene rings is 1. The molecule has 2 heteroatoms. The zero-order chi connectivity index (χ0) is 12.0. The van der Waals surface area contributed by atoms with Crippen LogP contribution < -0.4 is 11.3 Å². The molecule has 1 unspecified atom stereocenters. The van der Waals surface area contributed by atoms with Crippen LogP contribution in [0.1, 0.15) is 37.8 Å². The Morgan fingerprint density at radius 2 is 1.81 bits per heavy atom. The van der Waals surface area contributed by atoms with Crippen molar-refractivity contribution in [3.05, 3.63) is 35.4 Å². The molecule has 1 aromatic carbocycles. The van der Waals surface area contributed by atoms with Crippen LogP contribution in [0.5, 0.6) is 0 Å². The lowest BCUT2D eigenvalue weighted by Crippen LogP contribution is -2.42. The van der Waals surface area contributed by atoms with Crippen molar-refractivity contribution >= 4 is 0 Å². The molecule has 3 N–H and O–H groups in total. The van der Waals surface area contributed by atoms with Gasteiger partial charge in [-0.25, -0.2) is 0 Å². The molecule has 0 heterocycles. The van der Waals surface area contributed by atoms with Crippen LogP contribution in [0.25, 0.3) is 0 Å². The first-order valence-corrected chi connectivity index (χ1v) is 6.23. The third-order valence-electron chi connectivity index (χ3n) is 3.53. The number of hydrogen-bond acceptors (Lipinski definition) is 2. The molecule has 0 saturated heterocycles. The quantitative estimate of drug-likeness (QED) is 0.571. The number of nitrogens with one attached hydrogen (secondary N) is 1. The summed E-state index contributed by atoms with van der Waals surface area (Å²) in [5, 5.41) is 0. The Morgan fingerprint density at radius 3 is 2.31 bits per heavy atom. The summed E-state index contributed by atoms with van der Waals surface area (Å²) in [5.74, 6) is 6.33. The molecule has 2 nitrogen and oxygen atoms in total. The fourth-order valence-corrected chi connectivity index (χ4v) is 2.30. The molecule has 0 aliphatic rings. The largest absolute Gasteiger partial charge is 0.271 e. The van der Waals surface area contributed by atoms with Gasteiger partial charge in [0.2, 0.25) is 0 Å². The van der Waals surface area contributed by atoms with Gasteiger partial charge in [-0.15, -0.1) is 0 Å². The number of nitrogens with two attached hydrogens (primary N) is 1. The average molecular weight is 220 g/mol.